The molecule has 1 heteroatoms. The molecular formula is C17H17N. The van der Waals surface area contributed by atoms with Gasteiger partial charge in [-0.3, -0.25) is 0 Å². The summed E-state index contributed by atoms with van der Waals surface area (Å²) in [6, 6.07) is 17.5. The minimum absolute atomic E-state index is 0.996. The van der Waals surface area contributed by atoms with E-state index in [2.05, 4.69) is 73.3 Å². The lowest BCUT2D eigenvalue weighted by molar-refractivity contribution is 0.958. The SMILES string of the molecule is Cc1ccc(Cc2cccc3ccn(C)c23)cc1. The van der Waals surface area contributed by atoms with Crippen LogP contribution in [0.15, 0.2) is 54.7 Å². The van der Waals surface area contributed by atoms with E-state index < -0.39 is 0 Å². The molecule has 3 rings (SSSR count). The zero-order valence-electron chi connectivity index (χ0n) is 10.9. The van der Waals surface area contributed by atoms with E-state index in [4.69, 9.17) is 0 Å². The van der Waals surface area contributed by atoms with Crippen molar-refractivity contribution in [2.24, 2.45) is 7.05 Å². The summed E-state index contributed by atoms with van der Waals surface area (Å²) in [5.74, 6) is 0. The Morgan fingerprint density at radius 2 is 1.72 bits per heavy atom. The maximum Gasteiger partial charge on any atom is 0.0513 e. The molecule has 0 aliphatic carbocycles. The smallest absolute Gasteiger partial charge is 0.0513 e. The number of hydrogen-bond donors (Lipinski definition) is 0. The topological polar surface area (TPSA) is 4.93 Å². The number of aromatic nitrogens is 1. The van der Waals surface area contributed by atoms with E-state index in [0.29, 0.717) is 0 Å². The molecule has 3 aromatic rings. The van der Waals surface area contributed by atoms with Gasteiger partial charge in [-0.2, -0.15) is 0 Å². The van der Waals surface area contributed by atoms with Crippen LogP contribution in [0.1, 0.15) is 16.7 Å². The van der Waals surface area contributed by atoms with Gasteiger partial charge in [-0.1, -0.05) is 48.0 Å². The average molecular weight is 235 g/mol. The Morgan fingerprint density at radius 1 is 0.944 bits per heavy atom. The highest BCUT2D eigenvalue weighted by Crippen LogP contribution is 2.22. The first-order valence-electron chi connectivity index (χ1n) is 6.32. The van der Waals surface area contributed by atoms with Crippen LogP contribution in [0.2, 0.25) is 0 Å². The average Bonchev–Trinajstić information content (AvgIpc) is 2.75. The van der Waals surface area contributed by atoms with Crippen molar-refractivity contribution in [2.45, 2.75) is 13.3 Å². The molecule has 1 nitrogen and oxygen atoms in total. The maximum absolute atomic E-state index is 2.22. The molecule has 0 aliphatic rings. The predicted molar refractivity (Wildman–Crippen MR) is 76.9 cm³/mol. The number of aryl methyl sites for hydroxylation is 2. The van der Waals surface area contributed by atoms with Crippen molar-refractivity contribution in [1.29, 1.82) is 0 Å². The van der Waals surface area contributed by atoms with Crippen molar-refractivity contribution in [3.8, 4) is 0 Å². The fourth-order valence-corrected chi connectivity index (χ4v) is 2.51. The van der Waals surface area contributed by atoms with Crippen molar-refractivity contribution < 1.29 is 0 Å². The standard InChI is InChI=1S/C17H17N/c1-13-6-8-14(9-7-13)12-16-5-3-4-15-10-11-18(2)17(15)16/h3-11H,12H2,1-2H3. The van der Waals surface area contributed by atoms with Crippen molar-refractivity contribution in [3.05, 3.63) is 71.4 Å². The summed E-state index contributed by atoms with van der Waals surface area (Å²) in [6.07, 6.45) is 3.12. The first kappa shape index (κ1) is 11.1. The van der Waals surface area contributed by atoms with Gasteiger partial charge in [-0.05, 0) is 35.9 Å². The molecule has 0 radical (unpaired) electrons. The molecule has 0 atom stereocenters. The van der Waals surface area contributed by atoms with Gasteiger partial charge in [0.15, 0.2) is 0 Å². The summed E-state index contributed by atoms with van der Waals surface area (Å²) in [7, 11) is 2.11. The van der Waals surface area contributed by atoms with E-state index in [1.165, 1.54) is 27.6 Å². The summed E-state index contributed by atoms with van der Waals surface area (Å²) in [5, 5.41) is 1.32. The molecule has 0 spiro atoms. The molecule has 0 saturated heterocycles. The Labute approximate surface area is 108 Å². The van der Waals surface area contributed by atoms with Crippen LogP contribution in [0.3, 0.4) is 0 Å². The molecule has 18 heavy (non-hydrogen) atoms. The second-order valence-corrected chi connectivity index (χ2v) is 4.94. The van der Waals surface area contributed by atoms with Crippen LogP contribution in [-0.4, -0.2) is 4.57 Å². The lowest BCUT2D eigenvalue weighted by Crippen LogP contribution is -1.94. The molecule has 1 heterocycles. The van der Waals surface area contributed by atoms with Gasteiger partial charge in [0.25, 0.3) is 0 Å². The number of benzene rings is 2. The second kappa shape index (κ2) is 4.34. The number of rotatable bonds is 2. The molecule has 0 unspecified atom stereocenters. The van der Waals surface area contributed by atoms with Gasteiger partial charge in [-0.25, -0.2) is 0 Å². The Hall–Kier alpha value is -2.02. The highest BCUT2D eigenvalue weighted by Gasteiger charge is 2.05. The molecule has 1 aromatic heterocycles. The first-order chi connectivity index (χ1) is 8.74. The summed E-state index contributed by atoms with van der Waals surface area (Å²) >= 11 is 0. The van der Waals surface area contributed by atoms with E-state index in [1.807, 2.05) is 0 Å². The summed E-state index contributed by atoms with van der Waals surface area (Å²) in [4.78, 5) is 0. The zero-order chi connectivity index (χ0) is 12.5. The number of para-hydroxylation sites is 1. The van der Waals surface area contributed by atoms with Crippen molar-refractivity contribution >= 4 is 10.9 Å². The minimum Gasteiger partial charge on any atom is -0.350 e. The maximum atomic E-state index is 2.22. The van der Waals surface area contributed by atoms with Crippen LogP contribution >= 0.6 is 0 Å². The predicted octanol–water partition coefficient (Wildman–Crippen LogP) is 4.08. The molecule has 0 amide bonds. The molecule has 90 valence electrons. The number of nitrogens with zero attached hydrogens (tertiary/aromatic N) is 1. The zero-order valence-corrected chi connectivity index (χ0v) is 10.9. The van der Waals surface area contributed by atoms with Gasteiger partial charge >= 0.3 is 0 Å². The summed E-state index contributed by atoms with van der Waals surface area (Å²) in [6.45, 7) is 2.13. The van der Waals surface area contributed by atoms with Crippen LogP contribution in [-0.2, 0) is 13.5 Å². The van der Waals surface area contributed by atoms with E-state index in [1.54, 1.807) is 0 Å². The molecule has 0 saturated carbocycles. The third-order valence-electron chi connectivity index (χ3n) is 3.50. The molecular weight excluding hydrogens is 218 g/mol. The Kier molecular flexibility index (Phi) is 2.67. The van der Waals surface area contributed by atoms with Gasteiger partial charge in [0.1, 0.15) is 0 Å². The van der Waals surface area contributed by atoms with E-state index in [-0.39, 0.29) is 0 Å². The van der Waals surface area contributed by atoms with Gasteiger partial charge in [-0.15, -0.1) is 0 Å². The van der Waals surface area contributed by atoms with Crippen molar-refractivity contribution in [1.82, 2.24) is 4.57 Å². The van der Waals surface area contributed by atoms with E-state index >= 15 is 0 Å². The lowest BCUT2D eigenvalue weighted by atomic mass is 10.0. The molecule has 0 N–H and O–H groups in total. The van der Waals surface area contributed by atoms with Crippen LogP contribution in [0, 0.1) is 6.92 Å². The lowest BCUT2D eigenvalue weighted by Gasteiger charge is -2.07. The minimum atomic E-state index is 0.996. The third-order valence-corrected chi connectivity index (χ3v) is 3.50. The fraction of sp³-hybridized carbons (Fsp3) is 0.176. The van der Waals surface area contributed by atoms with Crippen LogP contribution in [0.25, 0.3) is 10.9 Å². The number of fused-ring (bicyclic) bond motifs is 1. The highest BCUT2D eigenvalue weighted by atomic mass is 14.9. The molecule has 0 aliphatic heterocycles. The highest BCUT2D eigenvalue weighted by molar-refractivity contribution is 5.83. The molecule has 0 bridgehead atoms. The summed E-state index contributed by atoms with van der Waals surface area (Å²) in [5.41, 5.74) is 5.42. The second-order valence-electron chi connectivity index (χ2n) is 4.94. The van der Waals surface area contributed by atoms with Crippen molar-refractivity contribution in [2.75, 3.05) is 0 Å². The van der Waals surface area contributed by atoms with Crippen LogP contribution in [0.4, 0.5) is 0 Å². The van der Waals surface area contributed by atoms with Gasteiger partial charge in [0, 0.05) is 13.2 Å². The van der Waals surface area contributed by atoms with Crippen LogP contribution in [0.5, 0.6) is 0 Å². The fourth-order valence-electron chi connectivity index (χ4n) is 2.51. The Bertz CT molecular complexity index is 674. The number of hydrogen-bond acceptors (Lipinski definition) is 0. The normalized spacial score (nSPS) is 11.0. The molecule has 2 aromatic carbocycles. The quantitative estimate of drug-likeness (QED) is 0.631. The van der Waals surface area contributed by atoms with E-state index in [9.17, 15) is 0 Å². The van der Waals surface area contributed by atoms with Gasteiger partial charge in [0.05, 0.1) is 5.52 Å². The Morgan fingerprint density at radius 3 is 2.50 bits per heavy atom. The molecule has 0 fully saturated rings. The van der Waals surface area contributed by atoms with Gasteiger partial charge < -0.3 is 4.57 Å². The Balaban J connectivity index is 2.04. The third kappa shape index (κ3) is 1.92. The largest absolute Gasteiger partial charge is 0.350 e. The van der Waals surface area contributed by atoms with Crippen LogP contribution < -0.4 is 0 Å². The van der Waals surface area contributed by atoms with Gasteiger partial charge in [0.2, 0.25) is 0 Å². The van der Waals surface area contributed by atoms with E-state index in [0.717, 1.165) is 6.42 Å². The summed E-state index contributed by atoms with van der Waals surface area (Å²) < 4.78 is 2.21. The monoisotopic (exact) mass is 235 g/mol. The van der Waals surface area contributed by atoms with Crippen molar-refractivity contribution in [3.63, 3.8) is 0 Å². The first-order valence-corrected chi connectivity index (χ1v) is 6.32.